The van der Waals surface area contributed by atoms with E-state index in [4.69, 9.17) is 4.74 Å². The van der Waals surface area contributed by atoms with E-state index < -0.39 is 10.4 Å². The number of rotatable bonds is 2. The summed E-state index contributed by atoms with van der Waals surface area (Å²) in [4.78, 5) is 41.0. The van der Waals surface area contributed by atoms with Crippen molar-refractivity contribution in [3.63, 3.8) is 0 Å². The highest BCUT2D eigenvalue weighted by molar-refractivity contribution is 6.10. The Morgan fingerprint density at radius 3 is 2.17 bits per heavy atom. The van der Waals surface area contributed by atoms with E-state index in [0.29, 0.717) is 44.5 Å². The lowest BCUT2D eigenvalue weighted by Gasteiger charge is -2.33. The van der Waals surface area contributed by atoms with Crippen LogP contribution >= 0.6 is 0 Å². The lowest BCUT2D eigenvalue weighted by atomic mass is 10.0. The number of fused-ring (bicyclic) bond motifs is 6. The van der Waals surface area contributed by atoms with E-state index in [1.807, 2.05) is 60.7 Å². The van der Waals surface area contributed by atoms with Crippen LogP contribution in [0.4, 0.5) is 22.7 Å². The molecule has 8 rings (SSSR count). The van der Waals surface area contributed by atoms with Gasteiger partial charge in [0.1, 0.15) is 5.39 Å². The van der Waals surface area contributed by atoms with Crippen molar-refractivity contribution >= 4 is 60.8 Å². The van der Waals surface area contributed by atoms with Gasteiger partial charge in [-0.25, -0.2) is 0 Å². The van der Waals surface area contributed by atoms with Gasteiger partial charge in [0.05, 0.1) is 38.2 Å². The first-order valence-corrected chi connectivity index (χ1v) is 12.6. The topological polar surface area (TPSA) is 94.2 Å². The van der Waals surface area contributed by atoms with E-state index in [1.54, 1.807) is 40.8 Å². The van der Waals surface area contributed by atoms with Gasteiger partial charge in [0, 0.05) is 22.5 Å². The number of aromatic nitrogens is 1. The molecular weight excluding hydrogens is 506 g/mol. The molecular formula is C32H17N3O5. The van der Waals surface area contributed by atoms with Crippen molar-refractivity contribution in [3.8, 4) is 11.5 Å². The van der Waals surface area contributed by atoms with E-state index in [2.05, 4.69) is 4.90 Å². The third-order valence-electron chi connectivity index (χ3n) is 7.58. The van der Waals surface area contributed by atoms with Crippen molar-refractivity contribution in [2.45, 2.75) is 0 Å². The van der Waals surface area contributed by atoms with Gasteiger partial charge in [-0.2, -0.15) is 0 Å². The molecule has 3 heterocycles. The highest BCUT2D eigenvalue weighted by atomic mass is 16.6. The highest BCUT2D eigenvalue weighted by Gasteiger charge is 2.28. The maximum atomic E-state index is 13.9. The van der Waals surface area contributed by atoms with Gasteiger partial charge in [0.25, 0.3) is 5.69 Å². The average molecular weight is 524 g/mol. The molecule has 0 spiro atoms. The number of nitrogens with zero attached hydrogens (tertiary/aromatic N) is 3. The first-order chi connectivity index (χ1) is 19.5. The minimum absolute atomic E-state index is 0.00307. The molecule has 0 saturated heterocycles. The minimum Gasteiger partial charge on any atom is -0.453 e. The molecule has 0 amide bonds. The fourth-order valence-corrected chi connectivity index (χ4v) is 5.91. The molecule has 0 atom stereocenters. The van der Waals surface area contributed by atoms with Crippen molar-refractivity contribution in [1.29, 1.82) is 0 Å². The van der Waals surface area contributed by atoms with Crippen LogP contribution in [0.3, 0.4) is 0 Å². The predicted molar refractivity (Wildman–Crippen MR) is 155 cm³/mol. The van der Waals surface area contributed by atoms with E-state index >= 15 is 0 Å². The molecule has 0 fully saturated rings. The molecule has 8 heteroatoms. The first-order valence-electron chi connectivity index (χ1n) is 12.6. The van der Waals surface area contributed by atoms with Crippen LogP contribution in [0.1, 0.15) is 0 Å². The lowest BCUT2D eigenvalue weighted by Crippen LogP contribution is -2.18. The molecule has 0 saturated carbocycles. The highest BCUT2D eigenvalue weighted by Crippen LogP contribution is 2.51. The van der Waals surface area contributed by atoms with Gasteiger partial charge in [0.2, 0.25) is 5.43 Å². The molecule has 40 heavy (non-hydrogen) atoms. The summed E-state index contributed by atoms with van der Waals surface area (Å²) in [5.41, 5.74) is 2.72. The lowest BCUT2D eigenvalue weighted by molar-refractivity contribution is -0.383. The normalized spacial score (nSPS) is 12.6. The van der Waals surface area contributed by atoms with Gasteiger partial charge >= 0.3 is 0 Å². The fraction of sp³-hybridized carbons (Fsp3) is 0. The van der Waals surface area contributed by atoms with Crippen molar-refractivity contribution in [3.05, 3.63) is 134 Å². The largest absolute Gasteiger partial charge is 0.453 e. The third kappa shape index (κ3) is 2.84. The Hall–Kier alpha value is -5.76. The monoisotopic (exact) mass is 523 g/mol. The summed E-state index contributed by atoms with van der Waals surface area (Å²) in [5.74, 6) is 1.15. The van der Waals surface area contributed by atoms with Crippen LogP contribution in [0.15, 0.2) is 113 Å². The van der Waals surface area contributed by atoms with Crippen LogP contribution in [0.2, 0.25) is 0 Å². The molecule has 0 radical (unpaired) electrons. The minimum atomic E-state index is -0.545. The number of anilines is 3. The molecule has 0 aliphatic carbocycles. The summed E-state index contributed by atoms with van der Waals surface area (Å²) in [6, 6.07) is 30.6. The first kappa shape index (κ1) is 22.2. The molecule has 5 aromatic carbocycles. The van der Waals surface area contributed by atoms with E-state index in [-0.39, 0.29) is 21.9 Å². The van der Waals surface area contributed by atoms with Gasteiger partial charge < -0.3 is 14.0 Å². The Morgan fingerprint density at radius 1 is 0.650 bits per heavy atom. The van der Waals surface area contributed by atoms with Gasteiger partial charge in [-0.3, -0.25) is 19.7 Å². The van der Waals surface area contributed by atoms with Crippen molar-refractivity contribution in [1.82, 2.24) is 4.40 Å². The van der Waals surface area contributed by atoms with E-state index in [1.165, 1.54) is 6.07 Å². The molecule has 0 bridgehead atoms. The van der Waals surface area contributed by atoms with Crippen molar-refractivity contribution < 1.29 is 9.66 Å². The van der Waals surface area contributed by atoms with Crippen molar-refractivity contribution in [2.24, 2.45) is 0 Å². The van der Waals surface area contributed by atoms with Crippen LogP contribution in [-0.4, -0.2) is 9.32 Å². The molecule has 190 valence electrons. The second-order valence-electron chi connectivity index (χ2n) is 9.70. The number of non-ortho nitro benzene ring substituents is 1. The molecule has 1 aliphatic heterocycles. The number of nitro groups is 1. The fourth-order valence-electron chi connectivity index (χ4n) is 5.91. The van der Waals surface area contributed by atoms with Crippen molar-refractivity contribution in [2.75, 3.05) is 4.90 Å². The smallest absolute Gasteiger partial charge is 0.282 e. The summed E-state index contributed by atoms with van der Waals surface area (Å²) in [6.07, 6.45) is 0. The molecule has 0 N–H and O–H groups in total. The zero-order valence-corrected chi connectivity index (χ0v) is 20.7. The number of pyridine rings is 2. The summed E-state index contributed by atoms with van der Waals surface area (Å²) in [7, 11) is 0. The third-order valence-corrected chi connectivity index (χ3v) is 7.58. The second-order valence-corrected chi connectivity index (χ2v) is 9.70. The number of hydrogen-bond acceptors (Lipinski definition) is 6. The number of hydrogen-bond donors (Lipinski definition) is 0. The Labute approximate surface area is 225 Å². The molecule has 1 aliphatic rings. The Bertz CT molecular complexity index is 2330. The predicted octanol–water partition coefficient (Wildman–Crippen LogP) is 7.04. The maximum absolute atomic E-state index is 13.9. The zero-order valence-electron chi connectivity index (χ0n) is 20.7. The number of benzene rings is 5. The molecule has 8 nitrogen and oxygen atoms in total. The van der Waals surface area contributed by atoms with Crippen LogP contribution in [0.25, 0.3) is 38.1 Å². The standard InChI is InChI=1S/C32H17N3O5/c36-31-19-10-6-11-20-30(19)34(23-13-7-14-24(35(38)39)29(23)32(20)37)25-17-26-28(16-21(25)31)40-27-15-5-4-12-22(27)33(26)18-8-2-1-3-9-18/h1-17H. The van der Waals surface area contributed by atoms with E-state index in [9.17, 15) is 19.7 Å². The van der Waals surface area contributed by atoms with E-state index in [0.717, 1.165) is 11.4 Å². The van der Waals surface area contributed by atoms with Gasteiger partial charge in [-0.15, -0.1) is 0 Å². The molecule has 0 unspecified atom stereocenters. The Kier molecular flexibility index (Phi) is 4.38. The SMILES string of the molecule is O=c1c2cc3c(cc2n2c4cccc([N+](=O)[O-])c4c(=O)c4cccc1c42)N(c1ccccc1)c1ccccc1O3. The van der Waals surface area contributed by atoms with Gasteiger partial charge in [0.15, 0.2) is 16.9 Å². The average Bonchev–Trinajstić information content (AvgIpc) is 2.99. The van der Waals surface area contributed by atoms with Gasteiger partial charge in [-0.1, -0.05) is 42.5 Å². The van der Waals surface area contributed by atoms with Gasteiger partial charge in [-0.05, 0) is 54.6 Å². The summed E-state index contributed by atoms with van der Waals surface area (Å²) < 4.78 is 8.12. The Balaban J connectivity index is 1.60. The number of ether oxygens (including phenoxy) is 1. The molecule has 2 aromatic heterocycles. The summed E-state index contributed by atoms with van der Waals surface area (Å²) in [5, 5.41) is 12.9. The number of para-hydroxylation sites is 4. The quantitative estimate of drug-likeness (QED) is 0.104. The summed E-state index contributed by atoms with van der Waals surface area (Å²) in [6.45, 7) is 0. The molecule has 7 aromatic rings. The number of nitro benzene ring substituents is 1. The second kappa shape index (κ2) is 7.87. The van der Waals surface area contributed by atoms with Crippen LogP contribution in [0, 0.1) is 10.1 Å². The summed E-state index contributed by atoms with van der Waals surface area (Å²) >= 11 is 0. The van der Waals surface area contributed by atoms with Crippen LogP contribution in [-0.2, 0) is 0 Å². The zero-order chi connectivity index (χ0) is 27.1. The maximum Gasteiger partial charge on any atom is 0.282 e. The van der Waals surface area contributed by atoms with Crippen LogP contribution in [0.5, 0.6) is 11.5 Å². The Morgan fingerprint density at radius 2 is 1.38 bits per heavy atom. The van der Waals surface area contributed by atoms with Crippen LogP contribution < -0.4 is 20.5 Å².